The molecule has 3 aromatic rings. The predicted octanol–water partition coefficient (Wildman–Crippen LogP) is 1.80. The van der Waals surface area contributed by atoms with Gasteiger partial charge in [0.15, 0.2) is 5.58 Å². The Kier molecular flexibility index (Phi) is 3.78. The third-order valence-electron chi connectivity index (χ3n) is 2.91. The molecule has 0 saturated heterocycles. The number of benzene rings is 2. The van der Waals surface area contributed by atoms with Crippen molar-refractivity contribution in [1.82, 2.24) is 4.98 Å². The quantitative estimate of drug-likeness (QED) is 0.565. The van der Waals surface area contributed by atoms with Crippen molar-refractivity contribution < 1.29 is 14.5 Å². The molecule has 100 valence electrons. The number of rotatable bonds is 4. The summed E-state index contributed by atoms with van der Waals surface area (Å²) in [5.74, 6) is 0.717. The van der Waals surface area contributed by atoms with Gasteiger partial charge in [-0.05, 0) is 23.2 Å². The second-order valence-electron chi connectivity index (χ2n) is 4.35. The van der Waals surface area contributed by atoms with Crippen molar-refractivity contribution in [2.75, 3.05) is 0 Å². The van der Waals surface area contributed by atoms with E-state index < -0.39 is 7.12 Å². The van der Waals surface area contributed by atoms with Gasteiger partial charge in [0.05, 0.1) is 0 Å². The fourth-order valence-electron chi connectivity index (χ4n) is 1.84. The summed E-state index contributed by atoms with van der Waals surface area (Å²) in [5, 5.41) is 18.7. The number of para-hydroxylation sites is 2. The minimum absolute atomic E-state index is 0.487. The van der Waals surface area contributed by atoms with Crippen LogP contribution < -0.4 is 5.46 Å². The molecule has 2 N–H and O–H groups in total. The molecule has 0 fully saturated rings. The molecule has 0 amide bonds. The van der Waals surface area contributed by atoms with Crippen molar-refractivity contribution in [2.24, 2.45) is 0 Å². The maximum atomic E-state index is 9.03. The van der Waals surface area contributed by atoms with Gasteiger partial charge in [-0.2, -0.15) is 0 Å². The summed E-state index contributed by atoms with van der Waals surface area (Å²) in [6.07, 6.45) is 0. The topological polar surface area (TPSA) is 66.5 Å². The molecule has 6 heteroatoms. The van der Waals surface area contributed by atoms with E-state index in [4.69, 9.17) is 14.5 Å². The molecule has 1 heterocycles. The zero-order valence-electron chi connectivity index (χ0n) is 10.6. The molecule has 0 saturated carbocycles. The van der Waals surface area contributed by atoms with Crippen LogP contribution in [0.5, 0.6) is 0 Å². The molecule has 0 spiro atoms. The molecule has 2 aromatic carbocycles. The van der Waals surface area contributed by atoms with Gasteiger partial charge < -0.3 is 14.5 Å². The number of nitrogens with zero attached hydrogens (tertiary/aromatic N) is 1. The molecular weight excluding hydrogens is 273 g/mol. The van der Waals surface area contributed by atoms with Crippen molar-refractivity contribution in [3.8, 4) is 0 Å². The minimum atomic E-state index is -1.42. The lowest BCUT2D eigenvalue weighted by Crippen LogP contribution is -2.29. The number of thioether (sulfide) groups is 1. The van der Waals surface area contributed by atoms with Gasteiger partial charge in [0.25, 0.3) is 5.22 Å². The highest BCUT2D eigenvalue weighted by Gasteiger charge is 2.10. The van der Waals surface area contributed by atoms with Crippen molar-refractivity contribution in [3.63, 3.8) is 0 Å². The first-order valence-corrected chi connectivity index (χ1v) is 7.14. The average molecular weight is 285 g/mol. The zero-order valence-corrected chi connectivity index (χ0v) is 11.4. The van der Waals surface area contributed by atoms with Crippen LogP contribution in [0.4, 0.5) is 0 Å². The number of hydrogen-bond donors (Lipinski definition) is 2. The molecule has 0 radical (unpaired) electrons. The molecule has 0 aliphatic heterocycles. The third kappa shape index (κ3) is 2.87. The Morgan fingerprint density at radius 3 is 2.50 bits per heavy atom. The molecule has 0 bridgehead atoms. The van der Waals surface area contributed by atoms with Crippen LogP contribution in [0.2, 0.25) is 0 Å². The van der Waals surface area contributed by atoms with Gasteiger partial charge in [-0.1, -0.05) is 48.2 Å². The van der Waals surface area contributed by atoms with Gasteiger partial charge in [-0.15, -0.1) is 0 Å². The number of fused-ring (bicyclic) bond motifs is 1. The van der Waals surface area contributed by atoms with Gasteiger partial charge in [0.2, 0.25) is 0 Å². The van der Waals surface area contributed by atoms with E-state index in [0.29, 0.717) is 16.4 Å². The van der Waals surface area contributed by atoms with Gasteiger partial charge in [-0.25, -0.2) is 4.98 Å². The first kappa shape index (κ1) is 13.2. The highest BCUT2D eigenvalue weighted by Crippen LogP contribution is 2.25. The smallest absolute Gasteiger partial charge is 0.431 e. The van der Waals surface area contributed by atoms with Crippen LogP contribution in [-0.2, 0) is 5.75 Å². The average Bonchev–Trinajstić information content (AvgIpc) is 2.88. The van der Waals surface area contributed by atoms with Crippen LogP contribution in [-0.4, -0.2) is 22.2 Å². The van der Waals surface area contributed by atoms with Gasteiger partial charge in [-0.3, -0.25) is 0 Å². The normalized spacial score (nSPS) is 10.9. The van der Waals surface area contributed by atoms with Crippen LogP contribution in [0.1, 0.15) is 5.56 Å². The Morgan fingerprint density at radius 1 is 1.05 bits per heavy atom. The van der Waals surface area contributed by atoms with Crippen LogP contribution in [0.3, 0.4) is 0 Å². The number of oxazole rings is 1. The molecule has 4 nitrogen and oxygen atoms in total. The highest BCUT2D eigenvalue weighted by molar-refractivity contribution is 7.98. The van der Waals surface area contributed by atoms with Gasteiger partial charge >= 0.3 is 7.12 Å². The van der Waals surface area contributed by atoms with Crippen molar-refractivity contribution in [1.29, 1.82) is 0 Å². The molecule has 0 atom stereocenters. The Bertz CT molecular complexity index is 679. The fourth-order valence-corrected chi connectivity index (χ4v) is 2.64. The molecule has 0 aliphatic rings. The highest BCUT2D eigenvalue weighted by atomic mass is 32.2. The van der Waals surface area contributed by atoms with E-state index in [1.54, 1.807) is 12.1 Å². The summed E-state index contributed by atoms with van der Waals surface area (Å²) in [5.41, 5.74) is 3.20. The number of hydrogen-bond acceptors (Lipinski definition) is 5. The molecule has 0 unspecified atom stereocenters. The van der Waals surface area contributed by atoms with E-state index in [-0.39, 0.29) is 0 Å². The summed E-state index contributed by atoms with van der Waals surface area (Å²) in [6, 6.07) is 14.8. The summed E-state index contributed by atoms with van der Waals surface area (Å²) >= 11 is 1.51. The molecule has 3 rings (SSSR count). The van der Waals surface area contributed by atoms with Crippen molar-refractivity contribution in [3.05, 3.63) is 54.1 Å². The third-order valence-corrected chi connectivity index (χ3v) is 3.81. The first-order chi connectivity index (χ1) is 9.72. The van der Waals surface area contributed by atoms with Crippen molar-refractivity contribution in [2.45, 2.75) is 11.0 Å². The standard InChI is InChI=1S/C14H12BNO3S/c17-15(18)11-7-5-10(6-8-11)9-20-14-16-12-3-1-2-4-13(12)19-14/h1-8,17-18H,9H2. The first-order valence-electron chi connectivity index (χ1n) is 6.16. The van der Waals surface area contributed by atoms with Gasteiger partial charge in [0.1, 0.15) is 5.52 Å². The minimum Gasteiger partial charge on any atom is -0.431 e. The lowest BCUT2D eigenvalue weighted by Gasteiger charge is -2.01. The van der Waals surface area contributed by atoms with E-state index in [0.717, 1.165) is 16.7 Å². The zero-order chi connectivity index (χ0) is 13.9. The summed E-state index contributed by atoms with van der Waals surface area (Å²) in [4.78, 5) is 4.39. The summed E-state index contributed by atoms with van der Waals surface area (Å²) in [7, 11) is -1.42. The van der Waals surface area contributed by atoms with Crippen LogP contribution >= 0.6 is 11.8 Å². The summed E-state index contributed by atoms with van der Waals surface area (Å²) < 4.78 is 5.62. The van der Waals surface area contributed by atoms with E-state index >= 15 is 0 Å². The molecular formula is C14H12BNO3S. The largest absolute Gasteiger partial charge is 0.488 e. The lowest BCUT2D eigenvalue weighted by molar-refractivity contribution is 0.426. The van der Waals surface area contributed by atoms with Crippen LogP contribution in [0.15, 0.2) is 58.2 Å². The molecule has 20 heavy (non-hydrogen) atoms. The monoisotopic (exact) mass is 285 g/mol. The van der Waals surface area contributed by atoms with E-state index in [9.17, 15) is 0 Å². The predicted molar refractivity (Wildman–Crippen MR) is 79.8 cm³/mol. The second-order valence-corrected chi connectivity index (χ2v) is 5.28. The maximum Gasteiger partial charge on any atom is 0.488 e. The SMILES string of the molecule is OB(O)c1ccc(CSc2nc3ccccc3o2)cc1. The van der Waals surface area contributed by atoms with Crippen LogP contribution in [0, 0.1) is 0 Å². The van der Waals surface area contributed by atoms with Crippen LogP contribution in [0.25, 0.3) is 11.1 Å². The second kappa shape index (κ2) is 5.70. The Labute approximate surface area is 120 Å². The van der Waals surface area contributed by atoms with Gasteiger partial charge in [0, 0.05) is 5.75 Å². The Hall–Kier alpha value is -1.76. The lowest BCUT2D eigenvalue weighted by atomic mass is 9.80. The summed E-state index contributed by atoms with van der Waals surface area (Å²) in [6.45, 7) is 0. The Morgan fingerprint density at radius 2 is 1.80 bits per heavy atom. The van der Waals surface area contributed by atoms with E-state index in [2.05, 4.69) is 4.98 Å². The Balaban J connectivity index is 1.69. The maximum absolute atomic E-state index is 9.03. The number of aromatic nitrogens is 1. The van der Waals surface area contributed by atoms with Crippen molar-refractivity contribution >= 4 is 35.4 Å². The van der Waals surface area contributed by atoms with E-state index in [1.807, 2.05) is 36.4 Å². The fraction of sp³-hybridized carbons (Fsp3) is 0.0714. The molecule has 1 aromatic heterocycles. The van der Waals surface area contributed by atoms with E-state index in [1.165, 1.54) is 11.8 Å². The molecule has 0 aliphatic carbocycles.